The predicted molar refractivity (Wildman–Crippen MR) is 101 cm³/mol. The lowest BCUT2D eigenvalue weighted by atomic mass is 9.97. The number of hydrogen-bond donors (Lipinski definition) is 0. The van der Waals surface area contributed by atoms with Gasteiger partial charge in [-0.2, -0.15) is 0 Å². The summed E-state index contributed by atoms with van der Waals surface area (Å²) in [5.74, 6) is -0.421. The van der Waals surface area contributed by atoms with Crippen molar-refractivity contribution >= 4 is 22.5 Å². The molecule has 3 heteroatoms. The zero-order valence-electron chi connectivity index (χ0n) is 14.2. The van der Waals surface area contributed by atoms with E-state index >= 15 is 0 Å². The fourth-order valence-corrected chi connectivity index (χ4v) is 3.00. The standard InChI is InChI=1S/C23H16O3/c1-15-11-13-17(14-12-15)22(25)23-20(18-9-5-6-10-19(18)26-23)21(24)16-7-3-2-4-8-16/h2-14H,1H3. The van der Waals surface area contributed by atoms with Crippen LogP contribution in [0.5, 0.6) is 0 Å². The summed E-state index contributed by atoms with van der Waals surface area (Å²) in [6, 6.07) is 23.4. The van der Waals surface area contributed by atoms with Gasteiger partial charge in [-0.15, -0.1) is 0 Å². The average Bonchev–Trinajstić information content (AvgIpc) is 3.07. The Labute approximate surface area is 150 Å². The van der Waals surface area contributed by atoms with Crippen molar-refractivity contribution in [2.24, 2.45) is 0 Å². The Morgan fingerprint density at radius 2 is 1.31 bits per heavy atom. The first-order chi connectivity index (χ1) is 12.6. The van der Waals surface area contributed by atoms with Crippen LogP contribution in [-0.2, 0) is 0 Å². The van der Waals surface area contributed by atoms with E-state index in [2.05, 4.69) is 0 Å². The molecule has 0 saturated heterocycles. The maximum Gasteiger partial charge on any atom is 0.229 e. The van der Waals surface area contributed by atoms with Crippen LogP contribution in [0.25, 0.3) is 11.0 Å². The third-order valence-corrected chi connectivity index (χ3v) is 4.38. The third-order valence-electron chi connectivity index (χ3n) is 4.38. The molecule has 26 heavy (non-hydrogen) atoms. The third kappa shape index (κ3) is 2.74. The summed E-state index contributed by atoms with van der Waals surface area (Å²) < 4.78 is 5.82. The van der Waals surface area contributed by atoms with Crippen molar-refractivity contribution in [1.82, 2.24) is 0 Å². The van der Waals surface area contributed by atoms with E-state index in [-0.39, 0.29) is 17.3 Å². The molecule has 1 aromatic heterocycles. The molecule has 3 nitrogen and oxygen atoms in total. The number of fused-ring (bicyclic) bond motifs is 1. The first kappa shape index (κ1) is 16.0. The molecule has 0 fully saturated rings. The smallest absolute Gasteiger partial charge is 0.229 e. The molecular formula is C23H16O3. The minimum absolute atomic E-state index is 0.0870. The Bertz CT molecular complexity index is 1100. The van der Waals surface area contributed by atoms with E-state index in [1.54, 1.807) is 48.5 Å². The molecule has 0 N–H and O–H groups in total. The van der Waals surface area contributed by atoms with Gasteiger partial charge in [0.15, 0.2) is 11.5 Å². The molecule has 0 aliphatic heterocycles. The summed E-state index contributed by atoms with van der Waals surface area (Å²) in [5, 5.41) is 0.650. The van der Waals surface area contributed by atoms with Crippen molar-refractivity contribution in [2.45, 2.75) is 6.92 Å². The van der Waals surface area contributed by atoms with Gasteiger partial charge >= 0.3 is 0 Å². The van der Waals surface area contributed by atoms with Gasteiger partial charge in [-0.05, 0) is 13.0 Å². The van der Waals surface area contributed by atoms with Crippen LogP contribution in [0.3, 0.4) is 0 Å². The van der Waals surface area contributed by atoms with E-state index in [9.17, 15) is 9.59 Å². The number of aryl methyl sites for hydroxylation is 1. The van der Waals surface area contributed by atoms with Crippen LogP contribution in [0.1, 0.15) is 37.6 Å². The molecule has 0 amide bonds. The number of para-hydroxylation sites is 1. The highest BCUT2D eigenvalue weighted by Crippen LogP contribution is 2.30. The summed E-state index contributed by atoms with van der Waals surface area (Å²) in [6.45, 7) is 1.96. The van der Waals surface area contributed by atoms with Crippen molar-refractivity contribution in [2.75, 3.05) is 0 Å². The van der Waals surface area contributed by atoms with Gasteiger partial charge in [0.25, 0.3) is 0 Å². The lowest BCUT2D eigenvalue weighted by Crippen LogP contribution is -2.09. The molecule has 4 rings (SSSR count). The zero-order valence-corrected chi connectivity index (χ0v) is 14.2. The second-order valence-electron chi connectivity index (χ2n) is 6.19. The fraction of sp³-hybridized carbons (Fsp3) is 0.0435. The summed E-state index contributed by atoms with van der Waals surface area (Å²) in [4.78, 5) is 26.2. The first-order valence-electron chi connectivity index (χ1n) is 8.38. The number of carbonyl (C=O) groups excluding carboxylic acids is 2. The fourth-order valence-electron chi connectivity index (χ4n) is 3.00. The van der Waals surface area contributed by atoms with Crippen molar-refractivity contribution in [3.63, 3.8) is 0 Å². The predicted octanol–water partition coefficient (Wildman–Crippen LogP) is 5.20. The number of rotatable bonds is 4. The SMILES string of the molecule is Cc1ccc(C(=O)c2oc3ccccc3c2C(=O)c2ccccc2)cc1. The quantitative estimate of drug-likeness (QED) is 0.480. The van der Waals surface area contributed by atoms with Crippen molar-refractivity contribution < 1.29 is 14.0 Å². The maximum absolute atomic E-state index is 13.1. The van der Waals surface area contributed by atoms with Crippen molar-refractivity contribution in [3.05, 3.63) is 107 Å². The largest absolute Gasteiger partial charge is 0.452 e. The molecule has 4 aromatic rings. The molecule has 0 spiro atoms. The van der Waals surface area contributed by atoms with E-state index in [0.717, 1.165) is 5.56 Å². The van der Waals surface area contributed by atoms with Crippen LogP contribution in [0.4, 0.5) is 0 Å². The Morgan fingerprint density at radius 1 is 0.692 bits per heavy atom. The first-order valence-corrected chi connectivity index (χ1v) is 8.38. The Kier molecular flexibility index (Phi) is 3.98. The normalized spacial score (nSPS) is 10.8. The molecule has 0 saturated carbocycles. The number of furan rings is 1. The van der Waals surface area contributed by atoms with Crippen LogP contribution in [0.2, 0.25) is 0 Å². The van der Waals surface area contributed by atoms with Gasteiger partial charge in [0.2, 0.25) is 5.78 Å². The Balaban J connectivity index is 1.91. The summed E-state index contributed by atoms with van der Waals surface area (Å²) in [7, 11) is 0. The van der Waals surface area contributed by atoms with Gasteiger partial charge in [0, 0.05) is 16.5 Å². The van der Waals surface area contributed by atoms with Gasteiger partial charge in [-0.25, -0.2) is 0 Å². The number of benzene rings is 3. The maximum atomic E-state index is 13.1. The molecule has 0 aliphatic rings. The summed E-state index contributed by atoms with van der Waals surface area (Å²) >= 11 is 0. The Morgan fingerprint density at radius 3 is 2.04 bits per heavy atom. The van der Waals surface area contributed by atoms with Gasteiger partial charge in [-0.1, -0.05) is 78.4 Å². The zero-order chi connectivity index (χ0) is 18.1. The minimum atomic E-state index is -0.291. The highest BCUT2D eigenvalue weighted by atomic mass is 16.3. The Hall–Kier alpha value is -3.46. The molecule has 0 atom stereocenters. The highest BCUT2D eigenvalue weighted by Gasteiger charge is 2.27. The van der Waals surface area contributed by atoms with Crippen LogP contribution in [0.15, 0.2) is 83.3 Å². The number of carbonyl (C=O) groups is 2. The summed E-state index contributed by atoms with van der Waals surface area (Å²) in [6.07, 6.45) is 0. The van der Waals surface area contributed by atoms with Crippen LogP contribution in [0, 0.1) is 6.92 Å². The average molecular weight is 340 g/mol. The number of ketones is 2. The molecule has 0 unspecified atom stereocenters. The second-order valence-corrected chi connectivity index (χ2v) is 6.19. The molecule has 1 heterocycles. The van der Waals surface area contributed by atoms with E-state index in [4.69, 9.17) is 4.42 Å². The molecule has 0 bridgehead atoms. The molecule has 3 aromatic carbocycles. The van der Waals surface area contributed by atoms with Crippen molar-refractivity contribution in [3.8, 4) is 0 Å². The van der Waals surface area contributed by atoms with E-state index in [1.807, 2.05) is 37.3 Å². The van der Waals surface area contributed by atoms with Crippen molar-refractivity contribution in [1.29, 1.82) is 0 Å². The van der Waals surface area contributed by atoms with Gasteiger partial charge in [-0.3, -0.25) is 9.59 Å². The lowest BCUT2D eigenvalue weighted by molar-refractivity contribution is 0.0986. The van der Waals surface area contributed by atoms with Gasteiger partial charge in [0.1, 0.15) is 5.58 Å². The minimum Gasteiger partial charge on any atom is -0.452 e. The molecule has 0 radical (unpaired) electrons. The monoisotopic (exact) mass is 340 g/mol. The van der Waals surface area contributed by atoms with Crippen LogP contribution >= 0.6 is 0 Å². The van der Waals surface area contributed by atoms with Gasteiger partial charge in [0.05, 0.1) is 5.56 Å². The van der Waals surface area contributed by atoms with Gasteiger partial charge < -0.3 is 4.42 Å². The van der Waals surface area contributed by atoms with Crippen LogP contribution < -0.4 is 0 Å². The molecule has 0 aliphatic carbocycles. The number of hydrogen-bond acceptors (Lipinski definition) is 3. The van der Waals surface area contributed by atoms with Crippen LogP contribution in [-0.4, -0.2) is 11.6 Å². The second kappa shape index (κ2) is 6.45. The molecular weight excluding hydrogens is 324 g/mol. The van der Waals surface area contributed by atoms with E-state index < -0.39 is 0 Å². The summed E-state index contributed by atoms with van der Waals surface area (Å²) in [5.41, 5.74) is 2.93. The highest BCUT2D eigenvalue weighted by molar-refractivity contribution is 6.23. The lowest BCUT2D eigenvalue weighted by Gasteiger charge is -2.03. The molecule has 126 valence electrons. The topological polar surface area (TPSA) is 47.3 Å². The van der Waals surface area contributed by atoms with E-state index in [1.165, 1.54) is 0 Å². The van der Waals surface area contributed by atoms with E-state index in [0.29, 0.717) is 27.7 Å².